The summed E-state index contributed by atoms with van der Waals surface area (Å²) in [7, 11) is 7.30. The second kappa shape index (κ2) is 31.7. The van der Waals surface area contributed by atoms with Crippen LogP contribution in [0.3, 0.4) is 0 Å². The summed E-state index contributed by atoms with van der Waals surface area (Å²) in [4.78, 5) is 13.2. The first kappa shape index (κ1) is 42.8. The average molecular weight is 624 g/mol. The maximum atomic E-state index is 13.2. The van der Waals surface area contributed by atoms with Gasteiger partial charge in [-0.1, -0.05) is 167 Å². The van der Waals surface area contributed by atoms with Gasteiger partial charge in [-0.15, -0.1) is 5.66 Å². The Bertz CT molecular complexity index is 615. The van der Waals surface area contributed by atoms with Gasteiger partial charge in [-0.2, -0.15) is 0 Å². The van der Waals surface area contributed by atoms with Gasteiger partial charge in [0.15, 0.2) is 0 Å². The summed E-state index contributed by atoms with van der Waals surface area (Å²) in [5.74, 6) is -0.00979. The molecule has 0 aromatic carbocycles. The molecule has 0 aromatic rings. The number of rotatable bonds is 34. The van der Waals surface area contributed by atoms with E-state index in [0.717, 1.165) is 32.3 Å². The third kappa shape index (κ3) is 33.0. The molecule has 0 aliphatic rings. The highest BCUT2D eigenvalue weighted by molar-refractivity contribution is 7.40. The molecule has 0 saturated heterocycles. The lowest BCUT2D eigenvalue weighted by molar-refractivity contribution is -0.871. The number of nitrogens with zero attached hydrogens (tertiary/aromatic N) is 1. The molecule has 2 unspecified atom stereocenters. The normalized spacial score (nSPS) is 13.9. The molecule has 0 spiro atoms. The summed E-state index contributed by atoms with van der Waals surface area (Å²) in [6.45, 7) is 5.27. The van der Waals surface area contributed by atoms with E-state index >= 15 is 0 Å². The third-order valence-corrected chi connectivity index (χ3v) is 10.1. The van der Waals surface area contributed by atoms with E-state index in [9.17, 15) is 9.90 Å². The zero-order chi connectivity index (χ0) is 31.9. The Morgan fingerprint density at radius 3 is 1.37 bits per heavy atom. The Morgan fingerprint density at radius 1 is 0.581 bits per heavy atom. The van der Waals surface area contributed by atoms with Crippen LogP contribution in [0.5, 0.6) is 0 Å². The smallest absolute Gasteiger partial charge is 0.107 e. The van der Waals surface area contributed by atoms with E-state index in [-0.39, 0.29) is 5.66 Å². The van der Waals surface area contributed by atoms with E-state index in [1.807, 2.05) is 0 Å². The van der Waals surface area contributed by atoms with Gasteiger partial charge in [0.25, 0.3) is 0 Å². The van der Waals surface area contributed by atoms with Crippen molar-refractivity contribution in [3.63, 3.8) is 0 Å². The van der Waals surface area contributed by atoms with Crippen LogP contribution in [0.15, 0.2) is 12.2 Å². The summed E-state index contributed by atoms with van der Waals surface area (Å²) in [6, 6.07) is 0. The van der Waals surface area contributed by atoms with Crippen LogP contribution in [-0.2, 0) is 4.79 Å². The van der Waals surface area contributed by atoms with Crippen molar-refractivity contribution in [3.8, 4) is 0 Å². The molecular formula is C39H78NO2P. The van der Waals surface area contributed by atoms with Gasteiger partial charge < -0.3 is 23.0 Å². The van der Waals surface area contributed by atoms with Crippen molar-refractivity contribution in [3.05, 3.63) is 12.2 Å². The maximum absolute atomic E-state index is 13.2. The van der Waals surface area contributed by atoms with Gasteiger partial charge >= 0.3 is 0 Å². The van der Waals surface area contributed by atoms with Crippen molar-refractivity contribution in [1.29, 1.82) is 0 Å². The molecule has 0 saturated carbocycles. The van der Waals surface area contributed by atoms with Crippen molar-refractivity contribution < 1.29 is 14.4 Å². The molecule has 4 heteroatoms. The van der Waals surface area contributed by atoms with E-state index in [4.69, 9.17) is 0 Å². The molecule has 0 aromatic heterocycles. The second-order valence-electron chi connectivity index (χ2n) is 14.5. The van der Waals surface area contributed by atoms with Crippen LogP contribution in [0.2, 0.25) is 0 Å². The number of likely N-dealkylation sites (N-methyl/N-ethyl adjacent to an activating group) is 1. The van der Waals surface area contributed by atoms with Gasteiger partial charge in [-0.25, -0.2) is 0 Å². The first-order chi connectivity index (χ1) is 20.8. The average Bonchev–Trinajstić information content (AvgIpc) is 2.95. The molecule has 256 valence electrons. The Morgan fingerprint density at radius 2 is 0.953 bits per heavy atom. The molecule has 3 nitrogen and oxygen atoms in total. The van der Waals surface area contributed by atoms with E-state index in [1.54, 1.807) is 0 Å². The first-order valence-electron chi connectivity index (χ1n) is 19.2. The fourth-order valence-corrected chi connectivity index (χ4v) is 7.58. The number of ketones is 1. The molecule has 0 heterocycles. The molecule has 0 radical (unpaired) electrons. The van der Waals surface area contributed by atoms with Crippen LogP contribution >= 0.6 is 8.58 Å². The topological polar surface area (TPSA) is 37.3 Å². The predicted octanol–water partition coefficient (Wildman–Crippen LogP) is 12.4. The van der Waals surface area contributed by atoms with Crippen LogP contribution < -0.4 is 0 Å². The number of carbonyl (C=O) groups excluding carboxylic acids is 1. The van der Waals surface area contributed by atoms with Crippen LogP contribution in [0.25, 0.3) is 0 Å². The highest BCUT2D eigenvalue weighted by atomic mass is 31.1. The Kier molecular flexibility index (Phi) is 31.6. The number of aliphatic hydroxyl groups excluding tert-OH is 1. The van der Waals surface area contributed by atoms with Crippen LogP contribution in [0, 0.1) is 0 Å². The van der Waals surface area contributed by atoms with Gasteiger partial charge in [0.1, 0.15) is 5.78 Å². The Balaban J connectivity index is 4.07. The van der Waals surface area contributed by atoms with E-state index in [0.29, 0.717) is 18.7 Å². The number of quaternary nitrogens is 1. The van der Waals surface area contributed by atoms with Crippen LogP contribution in [-0.4, -0.2) is 54.6 Å². The van der Waals surface area contributed by atoms with Gasteiger partial charge in [0, 0.05) is 6.42 Å². The second-order valence-corrected chi connectivity index (χ2v) is 16.0. The maximum Gasteiger partial charge on any atom is 0.107 e. The van der Waals surface area contributed by atoms with E-state index in [2.05, 4.69) is 47.1 Å². The molecule has 43 heavy (non-hydrogen) atoms. The number of carbonyl (C=O) groups is 1. The van der Waals surface area contributed by atoms with Gasteiger partial charge in [-0.3, -0.25) is 0 Å². The van der Waals surface area contributed by atoms with Crippen molar-refractivity contribution in [2.24, 2.45) is 0 Å². The summed E-state index contributed by atoms with van der Waals surface area (Å²) in [6.07, 6.45) is 40.7. The fraction of sp³-hybridized carbons (Fsp3) is 0.923. The molecule has 0 amide bonds. The monoisotopic (exact) mass is 624 g/mol. The molecule has 0 bridgehead atoms. The number of hydrogen-bond acceptors (Lipinski definition) is 2. The summed E-state index contributed by atoms with van der Waals surface area (Å²) in [5.41, 5.74) is 0.0174. The number of Topliss-reactive ketones (excluding diaryl/α,β-unsaturated/α-hetero) is 1. The molecule has 2 atom stereocenters. The van der Waals surface area contributed by atoms with Gasteiger partial charge in [0.05, 0.1) is 27.7 Å². The molecule has 0 fully saturated rings. The van der Waals surface area contributed by atoms with Crippen LogP contribution in [0.4, 0.5) is 0 Å². The minimum absolute atomic E-state index is 0.0174. The Hall–Kier alpha value is -0.240. The number of aliphatic hydroxyl groups is 1. The zero-order valence-electron chi connectivity index (χ0n) is 30.1. The lowest BCUT2D eigenvalue weighted by Crippen LogP contribution is -2.40. The summed E-state index contributed by atoms with van der Waals surface area (Å²) >= 11 is 0. The minimum Gasteiger partial charge on any atom is -0.490 e. The first-order valence-corrected chi connectivity index (χ1v) is 20.2. The van der Waals surface area contributed by atoms with Gasteiger partial charge in [0.2, 0.25) is 0 Å². The summed E-state index contributed by atoms with van der Waals surface area (Å²) < 4.78 is 0.737. The molecule has 0 aliphatic carbocycles. The van der Waals surface area contributed by atoms with Gasteiger partial charge in [-0.05, 0) is 37.9 Å². The molecule has 0 rings (SSSR count). The minimum atomic E-state index is -0.413. The largest absolute Gasteiger partial charge is 0.490 e. The van der Waals surface area contributed by atoms with Crippen molar-refractivity contribution in [2.75, 3.05) is 27.7 Å². The standard InChI is InChI=1S/C39H78NO2P/c1-6-8-10-12-14-16-18-20-21-23-25-27-29-31-33-35-38(43-39(42)36-40(3,4)5)37(41)34-32-30-28-26-24-22-19-17-15-13-11-9-7-2/h20-21,38-39,42H,6-19,22-36H2,1-5H3/b21-20-. The Labute approximate surface area is 273 Å². The van der Waals surface area contributed by atoms with E-state index in [1.165, 1.54) is 154 Å². The quantitative estimate of drug-likeness (QED) is 0.0335. The van der Waals surface area contributed by atoms with Crippen molar-refractivity contribution in [1.82, 2.24) is 0 Å². The number of unbranched alkanes of at least 4 members (excludes halogenated alkanes) is 23. The molecule has 1 N–H and O–H groups in total. The number of hydrogen-bond donors (Lipinski definition) is 1. The van der Waals surface area contributed by atoms with Crippen LogP contribution in [0.1, 0.15) is 194 Å². The number of allylic oxidation sites excluding steroid dienone is 2. The lowest BCUT2D eigenvalue weighted by Gasteiger charge is -2.37. The lowest BCUT2D eigenvalue weighted by atomic mass is 10.0. The van der Waals surface area contributed by atoms with Crippen molar-refractivity contribution >= 4 is 14.4 Å². The highest BCUT2D eigenvalue weighted by Crippen LogP contribution is 2.31. The zero-order valence-corrected chi connectivity index (χ0v) is 31.0. The van der Waals surface area contributed by atoms with E-state index < -0.39 is 5.85 Å². The van der Waals surface area contributed by atoms with Crippen molar-refractivity contribution in [2.45, 2.75) is 205 Å². The SMILES string of the molecule is CCCCCCCC/C=C\CCCCCCCC([P-]C(O)C[N+](C)(C)C)C(=O)CCCCCCCCCCCCCCC. The fourth-order valence-electron chi connectivity index (χ4n) is 5.96. The third-order valence-electron chi connectivity index (χ3n) is 8.70. The molecular weight excluding hydrogens is 545 g/mol. The highest BCUT2D eigenvalue weighted by Gasteiger charge is 2.15. The summed E-state index contributed by atoms with van der Waals surface area (Å²) in [5, 5.41) is 10.7. The molecule has 0 aliphatic heterocycles. The predicted molar refractivity (Wildman–Crippen MR) is 194 cm³/mol.